The lowest BCUT2D eigenvalue weighted by molar-refractivity contribution is 0.0953. The lowest BCUT2D eigenvalue weighted by Gasteiger charge is -2.03. The minimum Gasteiger partial charge on any atom is -0.352 e. The number of nitrogens with one attached hydrogen (secondary N) is 2. The first-order valence-corrected chi connectivity index (χ1v) is 5.92. The van der Waals surface area contributed by atoms with E-state index in [0.717, 1.165) is 10.3 Å². The smallest absolute Gasteiger partial charge is 0.252 e. The van der Waals surface area contributed by atoms with E-state index in [0.29, 0.717) is 18.5 Å². The molecule has 2 rings (SSSR count). The molecule has 0 aliphatic heterocycles. The Morgan fingerprint density at radius 2 is 2.35 bits per heavy atom. The summed E-state index contributed by atoms with van der Waals surface area (Å²) in [4.78, 5) is 22.7. The Balaban J connectivity index is 1.85. The summed E-state index contributed by atoms with van der Waals surface area (Å²) in [6.45, 7) is 0.541. The normalized spacial score (nSPS) is 10.2. The SMILES string of the molecule is O=C(NCCc1ncc[nH]1)c1cncc(Br)c1. The number of hydrogen-bond acceptors (Lipinski definition) is 3. The first-order valence-electron chi connectivity index (χ1n) is 5.13. The van der Waals surface area contributed by atoms with Crippen LogP contribution in [0.3, 0.4) is 0 Å². The van der Waals surface area contributed by atoms with Gasteiger partial charge in [-0.15, -0.1) is 0 Å². The maximum atomic E-state index is 11.7. The Bertz CT molecular complexity index is 498. The van der Waals surface area contributed by atoms with E-state index in [1.54, 1.807) is 24.7 Å². The number of carbonyl (C=O) groups is 1. The fraction of sp³-hybridized carbons (Fsp3) is 0.182. The third kappa shape index (κ3) is 3.39. The van der Waals surface area contributed by atoms with Gasteiger partial charge in [0.2, 0.25) is 0 Å². The van der Waals surface area contributed by atoms with Gasteiger partial charge in [-0.2, -0.15) is 0 Å². The number of nitrogens with zero attached hydrogens (tertiary/aromatic N) is 2. The Morgan fingerprint density at radius 1 is 1.47 bits per heavy atom. The summed E-state index contributed by atoms with van der Waals surface area (Å²) >= 11 is 3.27. The number of aromatic nitrogens is 3. The molecule has 0 atom stereocenters. The summed E-state index contributed by atoms with van der Waals surface area (Å²) in [5.74, 6) is 0.725. The van der Waals surface area contributed by atoms with E-state index >= 15 is 0 Å². The molecule has 17 heavy (non-hydrogen) atoms. The maximum Gasteiger partial charge on any atom is 0.252 e. The zero-order valence-corrected chi connectivity index (χ0v) is 10.6. The van der Waals surface area contributed by atoms with Crippen LogP contribution < -0.4 is 5.32 Å². The Hall–Kier alpha value is -1.69. The average molecular weight is 295 g/mol. The van der Waals surface area contributed by atoms with Gasteiger partial charge >= 0.3 is 0 Å². The lowest BCUT2D eigenvalue weighted by atomic mass is 10.2. The monoisotopic (exact) mass is 294 g/mol. The van der Waals surface area contributed by atoms with Crippen molar-refractivity contribution >= 4 is 21.8 Å². The minimum atomic E-state index is -0.134. The van der Waals surface area contributed by atoms with E-state index in [-0.39, 0.29) is 5.91 Å². The van der Waals surface area contributed by atoms with E-state index in [4.69, 9.17) is 0 Å². The highest BCUT2D eigenvalue weighted by atomic mass is 79.9. The predicted molar refractivity (Wildman–Crippen MR) is 66.6 cm³/mol. The lowest BCUT2D eigenvalue weighted by Crippen LogP contribution is -2.26. The van der Waals surface area contributed by atoms with Crippen LogP contribution in [-0.4, -0.2) is 27.4 Å². The zero-order chi connectivity index (χ0) is 12.1. The molecule has 2 aromatic rings. The number of halogens is 1. The standard InChI is InChI=1S/C11H11BrN4O/c12-9-5-8(6-13-7-9)11(17)16-2-1-10-14-3-4-15-10/h3-7H,1-2H2,(H,14,15)(H,16,17). The van der Waals surface area contributed by atoms with Crippen LogP contribution in [0.4, 0.5) is 0 Å². The largest absolute Gasteiger partial charge is 0.352 e. The molecule has 0 fully saturated rings. The topological polar surface area (TPSA) is 70.7 Å². The van der Waals surface area contributed by atoms with Gasteiger partial charge in [0, 0.05) is 42.2 Å². The molecule has 0 aliphatic rings. The van der Waals surface area contributed by atoms with Crippen molar-refractivity contribution in [3.63, 3.8) is 0 Å². The number of imidazole rings is 1. The maximum absolute atomic E-state index is 11.7. The molecule has 2 heterocycles. The first-order chi connectivity index (χ1) is 8.25. The van der Waals surface area contributed by atoms with Crippen molar-refractivity contribution in [3.05, 3.63) is 46.7 Å². The molecule has 6 heteroatoms. The van der Waals surface area contributed by atoms with Gasteiger partial charge in [-0.3, -0.25) is 9.78 Å². The van der Waals surface area contributed by atoms with Crippen molar-refractivity contribution in [1.29, 1.82) is 0 Å². The van der Waals surface area contributed by atoms with E-state index in [2.05, 4.69) is 36.2 Å². The van der Waals surface area contributed by atoms with Gasteiger partial charge in [-0.1, -0.05) is 0 Å². The molecule has 2 aromatic heterocycles. The highest BCUT2D eigenvalue weighted by molar-refractivity contribution is 9.10. The van der Waals surface area contributed by atoms with Crippen molar-refractivity contribution in [2.75, 3.05) is 6.54 Å². The van der Waals surface area contributed by atoms with Crippen molar-refractivity contribution in [2.24, 2.45) is 0 Å². The molecule has 1 amide bonds. The molecule has 0 saturated carbocycles. The van der Waals surface area contributed by atoms with Crippen LogP contribution in [0.1, 0.15) is 16.2 Å². The molecule has 2 N–H and O–H groups in total. The van der Waals surface area contributed by atoms with Crippen LogP contribution in [-0.2, 0) is 6.42 Å². The van der Waals surface area contributed by atoms with Crippen LogP contribution >= 0.6 is 15.9 Å². The van der Waals surface area contributed by atoms with Gasteiger partial charge in [0.25, 0.3) is 5.91 Å². The predicted octanol–water partition coefficient (Wildman–Crippen LogP) is 1.54. The number of pyridine rings is 1. The molecule has 0 aliphatic carbocycles. The fourth-order valence-electron chi connectivity index (χ4n) is 1.37. The molecule has 88 valence electrons. The Kier molecular flexibility index (Phi) is 3.87. The van der Waals surface area contributed by atoms with Crippen LogP contribution in [0.5, 0.6) is 0 Å². The third-order valence-electron chi connectivity index (χ3n) is 2.17. The molecular weight excluding hydrogens is 284 g/mol. The second kappa shape index (κ2) is 5.58. The molecular formula is C11H11BrN4O. The van der Waals surface area contributed by atoms with Crippen LogP contribution in [0.25, 0.3) is 0 Å². The molecule has 0 aromatic carbocycles. The summed E-state index contributed by atoms with van der Waals surface area (Å²) < 4.78 is 0.788. The zero-order valence-electron chi connectivity index (χ0n) is 8.98. The second-order valence-electron chi connectivity index (χ2n) is 3.43. The summed E-state index contributed by atoms with van der Waals surface area (Å²) in [6.07, 6.45) is 7.30. The third-order valence-corrected chi connectivity index (χ3v) is 2.60. The van der Waals surface area contributed by atoms with Gasteiger partial charge in [0.1, 0.15) is 5.82 Å². The van der Waals surface area contributed by atoms with E-state index in [9.17, 15) is 4.79 Å². The van der Waals surface area contributed by atoms with E-state index in [1.807, 2.05) is 0 Å². The van der Waals surface area contributed by atoms with Gasteiger partial charge in [0.05, 0.1) is 5.56 Å². The van der Waals surface area contributed by atoms with Crippen molar-refractivity contribution in [3.8, 4) is 0 Å². The van der Waals surface area contributed by atoms with Crippen molar-refractivity contribution in [2.45, 2.75) is 6.42 Å². The molecule has 5 nitrogen and oxygen atoms in total. The van der Waals surface area contributed by atoms with Gasteiger partial charge < -0.3 is 10.3 Å². The van der Waals surface area contributed by atoms with Gasteiger partial charge in [0.15, 0.2) is 0 Å². The number of hydrogen-bond donors (Lipinski definition) is 2. The molecule has 0 bridgehead atoms. The molecule has 0 radical (unpaired) electrons. The van der Waals surface area contributed by atoms with Crippen LogP contribution in [0, 0.1) is 0 Å². The average Bonchev–Trinajstić information content (AvgIpc) is 2.82. The van der Waals surface area contributed by atoms with Gasteiger partial charge in [-0.05, 0) is 22.0 Å². The Morgan fingerprint density at radius 3 is 3.06 bits per heavy atom. The first kappa shape index (κ1) is 11.8. The second-order valence-corrected chi connectivity index (χ2v) is 4.35. The van der Waals surface area contributed by atoms with Crippen LogP contribution in [0.15, 0.2) is 35.3 Å². The highest BCUT2D eigenvalue weighted by Gasteiger charge is 2.05. The fourth-order valence-corrected chi connectivity index (χ4v) is 1.73. The summed E-state index contributed by atoms with van der Waals surface area (Å²) in [7, 11) is 0. The Labute approximate surface area is 107 Å². The number of carbonyl (C=O) groups excluding carboxylic acids is 1. The summed E-state index contributed by atoms with van der Waals surface area (Å²) in [6, 6.07) is 1.73. The molecule has 0 saturated heterocycles. The minimum absolute atomic E-state index is 0.134. The number of H-pyrrole nitrogens is 1. The number of rotatable bonds is 4. The molecule has 0 spiro atoms. The van der Waals surface area contributed by atoms with Gasteiger partial charge in [-0.25, -0.2) is 4.98 Å². The van der Waals surface area contributed by atoms with Crippen molar-refractivity contribution < 1.29 is 4.79 Å². The highest BCUT2D eigenvalue weighted by Crippen LogP contribution is 2.09. The summed E-state index contributed by atoms with van der Waals surface area (Å²) in [5, 5.41) is 2.80. The van der Waals surface area contributed by atoms with Crippen molar-refractivity contribution in [1.82, 2.24) is 20.3 Å². The van der Waals surface area contributed by atoms with E-state index < -0.39 is 0 Å². The number of amides is 1. The van der Waals surface area contributed by atoms with Crippen LogP contribution in [0.2, 0.25) is 0 Å². The number of aromatic amines is 1. The quantitative estimate of drug-likeness (QED) is 0.899. The summed E-state index contributed by atoms with van der Waals surface area (Å²) in [5.41, 5.74) is 0.541. The molecule has 0 unspecified atom stereocenters. The van der Waals surface area contributed by atoms with E-state index in [1.165, 1.54) is 6.20 Å².